The number of thiazole rings is 1. The van der Waals surface area contributed by atoms with Gasteiger partial charge in [-0.25, -0.2) is 4.98 Å². The molecular weight excluding hydrogens is 210 g/mol. The van der Waals surface area contributed by atoms with Crippen LogP contribution in [0.1, 0.15) is 4.88 Å². The van der Waals surface area contributed by atoms with Crippen molar-refractivity contribution in [3.8, 4) is 29.7 Å². The molecule has 0 amide bonds. The van der Waals surface area contributed by atoms with Crippen LogP contribution in [0.2, 0.25) is 0 Å². The molecule has 1 aromatic rings. The van der Waals surface area contributed by atoms with Gasteiger partial charge in [0.15, 0.2) is 6.61 Å². The van der Waals surface area contributed by atoms with Crippen molar-refractivity contribution in [3.05, 3.63) is 11.1 Å². The van der Waals surface area contributed by atoms with Crippen molar-refractivity contribution in [2.75, 3.05) is 6.61 Å². The van der Waals surface area contributed by atoms with Gasteiger partial charge in [0.05, 0.1) is 12.1 Å². The van der Waals surface area contributed by atoms with Crippen LogP contribution in [-0.2, 0) is 6.42 Å². The van der Waals surface area contributed by atoms with E-state index in [-0.39, 0.29) is 6.61 Å². The van der Waals surface area contributed by atoms with Crippen LogP contribution in [0.25, 0.3) is 0 Å². The minimum absolute atomic E-state index is 0.173. The molecule has 15 heavy (non-hydrogen) atoms. The molecule has 0 aliphatic rings. The first-order valence-electron chi connectivity index (χ1n) is 4.10. The molecule has 1 aromatic heterocycles. The lowest BCUT2D eigenvalue weighted by Crippen LogP contribution is -1.95. The van der Waals surface area contributed by atoms with E-state index < -0.39 is 5.92 Å². The summed E-state index contributed by atoms with van der Waals surface area (Å²) in [7, 11) is 0. The topological polar surface area (TPSA) is 69.7 Å². The Morgan fingerprint density at radius 2 is 2.27 bits per heavy atom. The van der Waals surface area contributed by atoms with Crippen LogP contribution >= 0.6 is 11.3 Å². The lowest BCUT2D eigenvalue weighted by atomic mass is 10.1. The number of nitrogens with zero attached hydrogens (tertiary/aromatic N) is 3. The second-order valence-electron chi connectivity index (χ2n) is 2.60. The van der Waals surface area contributed by atoms with Gasteiger partial charge in [-0.3, -0.25) is 0 Å². The summed E-state index contributed by atoms with van der Waals surface area (Å²) in [6.07, 6.45) is 7.00. The zero-order valence-corrected chi connectivity index (χ0v) is 8.62. The molecule has 0 unspecified atom stereocenters. The highest BCUT2D eigenvalue weighted by molar-refractivity contribution is 7.13. The maximum Gasteiger partial charge on any atom is 0.274 e. The molecule has 1 heterocycles. The monoisotopic (exact) mass is 217 g/mol. The number of rotatable bonds is 4. The molecule has 0 aliphatic heterocycles. The smallest absolute Gasteiger partial charge is 0.274 e. The summed E-state index contributed by atoms with van der Waals surface area (Å²) in [4.78, 5) is 4.80. The van der Waals surface area contributed by atoms with E-state index in [4.69, 9.17) is 21.7 Å². The van der Waals surface area contributed by atoms with Gasteiger partial charge in [0.2, 0.25) is 0 Å². The van der Waals surface area contributed by atoms with Crippen LogP contribution in [0, 0.1) is 40.9 Å². The van der Waals surface area contributed by atoms with Gasteiger partial charge in [-0.1, -0.05) is 17.3 Å². The van der Waals surface area contributed by atoms with E-state index in [9.17, 15) is 0 Å². The van der Waals surface area contributed by atoms with Crippen LogP contribution in [0.15, 0.2) is 6.20 Å². The average molecular weight is 217 g/mol. The Balaban J connectivity index is 2.58. The van der Waals surface area contributed by atoms with Crippen molar-refractivity contribution in [1.29, 1.82) is 10.5 Å². The minimum Gasteiger partial charge on any atom is -0.457 e. The molecule has 0 N–H and O–H groups in total. The van der Waals surface area contributed by atoms with Crippen molar-refractivity contribution >= 4 is 11.3 Å². The third-order valence-corrected chi connectivity index (χ3v) is 2.46. The van der Waals surface area contributed by atoms with Crippen molar-refractivity contribution in [2.24, 2.45) is 5.92 Å². The Morgan fingerprint density at radius 3 is 2.87 bits per heavy atom. The van der Waals surface area contributed by atoms with Crippen LogP contribution in [0.3, 0.4) is 0 Å². The maximum absolute atomic E-state index is 8.59. The van der Waals surface area contributed by atoms with Crippen LogP contribution in [-0.4, -0.2) is 11.6 Å². The number of ether oxygens (including phenoxy) is 1. The zero-order chi connectivity index (χ0) is 11.1. The highest BCUT2D eigenvalue weighted by atomic mass is 32.1. The average Bonchev–Trinajstić information content (AvgIpc) is 2.70. The summed E-state index contributed by atoms with van der Waals surface area (Å²) in [6, 6.07) is 3.79. The molecule has 0 aliphatic carbocycles. The fourth-order valence-corrected chi connectivity index (χ4v) is 1.68. The Hall–Kier alpha value is -2.03. The molecule has 5 heteroatoms. The number of hydrogen-bond acceptors (Lipinski definition) is 5. The molecule has 0 aromatic carbocycles. The standard InChI is InChI=1S/C10H7N3OS/c1-2-3-14-10-13-7-9(15-10)4-8(5-11)6-12/h1,7-8H,3-4H2. The van der Waals surface area contributed by atoms with E-state index in [1.54, 1.807) is 6.20 Å². The van der Waals surface area contributed by atoms with Crippen molar-refractivity contribution in [1.82, 2.24) is 4.98 Å². The zero-order valence-electron chi connectivity index (χ0n) is 7.80. The molecule has 0 radical (unpaired) electrons. The Labute approximate surface area is 91.7 Å². The first-order chi connectivity index (χ1) is 7.30. The van der Waals surface area contributed by atoms with Crippen LogP contribution in [0.4, 0.5) is 0 Å². The number of hydrogen-bond donors (Lipinski definition) is 0. The van der Waals surface area contributed by atoms with Gasteiger partial charge in [0, 0.05) is 17.5 Å². The van der Waals surface area contributed by atoms with Crippen molar-refractivity contribution < 1.29 is 4.74 Å². The predicted molar refractivity (Wildman–Crippen MR) is 54.9 cm³/mol. The van der Waals surface area contributed by atoms with Gasteiger partial charge in [-0.15, -0.1) is 6.42 Å². The molecule has 0 saturated heterocycles. The lowest BCUT2D eigenvalue weighted by molar-refractivity contribution is 0.368. The largest absolute Gasteiger partial charge is 0.457 e. The maximum atomic E-state index is 8.59. The van der Waals surface area contributed by atoms with E-state index in [2.05, 4.69) is 10.9 Å². The van der Waals surface area contributed by atoms with E-state index >= 15 is 0 Å². The van der Waals surface area contributed by atoms with Gasteiger partial charge in [-0.05, 0) is 0 Å². The third kappa shape index (κ3) is 3.31. The second-order valence-corrected chi connectivity index (χ2v) is 3.68. The Bertz CT molecular complexity index is 432. The summed E-state index contributed by atoms with van der Waals surface area (Å²) in [6.45, 7) is 0.173. The van der Waals surface area contributed by atoms with Gasteiger partial charge in [0.25, 0.3) is 5.19 Å². The van der Waals surface area contributed by atoms with Gasteiger partial charge in [0.1, 0.15) is 5.92 Å². The number of terminal acetylenes is 1. The highest BCUT2D eigenvalue weighted by Crippen LogP contribution is 2.22. The summed E-state index contributed by atoms with van der Waals surface area (Å²) in [5.41, 5.74) is 0. The molecular formula is C10H7N3OS. The molecule has 0 atom stereocenters. The van der Waals surface area contributed by atoms with Gasteiger partial charge < -0.3 is 4.74 Å². The summed E-state index contributed by atoms with van der Waals surface area (Å²) < 4.78 is 5.09. The molecule has 0 saturated carbocycles. The predicted octanol–water partition coefficient (Wildman–Crippen LogP) is 1.36. The Kier molecular flexibility index (Phi) is 4.16. The van der Waals surface area contributed by atoms with Gasteiger partial charge in [-0.2, -0.15) is 10.5 Å². The summed E-state index contributed by atoms with van der Waals surface area (Å²) in [5.74, 6) is 1.69. The lowest BCUT2D eigenvalue weighted by Gasteiger charge is -1.94. The number of nitriles is 2. The molecule has 1 rings (SSSR count). The first-order valence-corrected chi connectivity index (χ1v) is 4.92. The minimum atomic E-state index is -0.633. The SMILES string of the molecule is C#CCOc1ncc(CC(C#N)C#N)s1. The normalized spacial score (nSPS) is 8.93. The fraction of sp³-hybridized carbons (Fsp3) is 0.300. The van der Waals surface area contributed by atoms with Crippen molar-refractivity contribution in [3.63, 3.8) is 0 Å². The first kappa shape index (κ1) is 11.0. The van der Waals surface area contributed by atoms with Crippen LogP contribution < -0.4 is 4.74 Å². The number of aromatic nitrogens is 1. The highest BCUT2D eigenvalue weighted by Gasteiger charge is 2.10. The molecule has 4 nitrogen and oxygen atoms in total. The Morgan fingerprint density at radius 1 is 1.53 bits per heavy atom. The van der Waals surface area contributed by atoms with E-state index in [1.807, 2.05) is 12.1 Å². The van der Waals surface area contributed by atoms with Gasteiger partial charge >= 0.3 is 0 Å². The summed E-state index contributed by atoms with van der Waals surface area (Å²) >= 11 is 1.30. The second kappa shape index (κ2) is 5.65. The van der Waals surface area contributed by atoms with E-state index in [1.165, 1.54) is 11.3 Å². The van der Waals surface area contributed by atoms with Crippen LogP contribution in [0.5, 0.6) is 5.19 Å². The third-order valence-electron chi connectivity index (χ3n) is 1.53. The summed E-state index contributed by atoms with van der Waals surface area (Å²) in [5, 5.41) is 17.6. The van der Waals surface area contributed by atoms with E-state index in [0.717, 1.165) is 4.88 Å². The molecule has 74 valence electrons. The molecule has 0 fully saturated rings. The van der Waals surface area contributed by atoms with E-state index in [0.29, 0.717) is 11.6 Å². The molecule has 0 spiro atoms. The quantitative estimate of drug-likeness (QED) is 0.714. The van der Waals surface area contributed by atoms with Crippen molar-refractivity contribution in [2.45, 2.75) is 6.42 Å². The fourth-order valence-electron chi connectivity index (χ4n) is 0.875. The molecule has 0 bridgehead atoms.